The maximum absolute atomic E-state index is 4.68. The molecule has 0 aliphatic heterocycles. The summed E-state index contributed by atoms with van der Waals surface area (Å²) in [4.78, 5) is 8.24. The zero-order valence-electron chi connectivity index (χ0n) is 13.5. The van der Waals surface area contributed by atoms with Crippen molar-refractivity contribution in [3.05, 3.63) is 34.5 Å². The molecule has 0 amide bonds. The lowest BCUT2D eigenvalue weighted by Gasteiger charge is -2.21. The predicted molar refractivity (Wildman–Crippen MR) is 91.2 cm³/mol. The Morgan fingerprint density at radius 3 is 3.00 bits per heavy atom. The highest BCUT2D eigenvalue weighted by molar-refractivity contribution is 7.09. The van der Waals surface area contributed by atoms with Crippen molar-refractivity contribution in [2.45, 2.75) is 33.4 Å². The summed E-state index contributed by atoms with van der Waals surface area (Å²) in [5, 5.41) is 13.5. The molecule has 0 atom stereocenters. The Balaban J connectivity index is 1.96. The maximum Gasteiger partial charge on any atom is 0.194 e. The summed E-state index contributed by atoms with van der Waals surface area (Å²) in [6.07, 6.45) is 2.78. The molecule has 7 heteroatoms. The van der Waals surface area contributed by atoms with Gasteiger partial charge in [0.15, 0.2) is 11.8 Å². The van der Waals surface area contributed by atoms with Gasteiger partial charge in [-0.2, -0.15) is 0 Å². The fourth-order valence-corrected chi connectivity index (χ4v) is 2.82. The Labute approximate surface area is 135 Å². The molecule has 0 aliphatic carbocycles. The molecule has 0 spiro atoms. The van der Waals surface area contributed by atoms with Crippen molar-refractivity contribution < 1.29 is 0 Å². The van der Waals surface area contributed by atoms with E-state index in [1.165, 1.54) is 4.88 Å². The first kappa shape index (κ1) is 16.5. The summed E-state index contributed by atoms with van der Waals surface area (Å²) >= 11 is 1.80. The van der Waals surface area contributed by atoms with Gasteiger partial charge in [-0.1, -0.05) is 6.07 Å². The third-order valence-electron chi connectivity index (χ3n) is 3.38. The smallest absolute Gasteiger partial charge is 0.194 e. The number of aryl methyl sites for hydroxylation is 1. The van der Waals surface area contributed by atoms with Crippen molar-refractivity contribution >= 4 is 17.3 Å². The summed E-state index contributed by atoms with van der Waals surface area (Å²) in [5.41, 5.74) is 0. The van der Waals surface area contributed by atoms with E-state index in [1.807, 2.05) is 4.57 Å². The quantitative estimate of drug-likeness (QED) is 0.626. The number of nitrogens with zero attached hydrogens (tertiary/aromatic N) is 5. The van der Waals surface area contributed by atoms with Crippen molar-refractivity contribution in [3.63, 3.8) is 0 Å². The molecule has 6 nitrogen and oxygen atoms in total. The van der Waals surface area contributed by atoms with E-state index in [2.05, 4.69) is 63.8 Å². The van der Waals surface area contributed by atoms with Gasteiger partial charge in [0.05, 0.1) is 0 Å². The molecular weight excluding hydrogens is 296 g/mol. The molecule has 120 valence electrons. The first-order valence-corrected chi connectivity index (χ1v) is 8.51. The molecule has 0 radical (unpaired) electrons. The molecule has 22 heavy (non-hydrogen) atoms. The SMILES string of the molecule is CCNC(=NCc1nncn1CC)N(C)CCc1cccs1. The minimum atomic E-state index is 0.541. The van der Waals surface area contributed by atoms with E-state index in [-0.39, 0.29) is 0 Å². The first-order valence-electron chi connectivity index (χ1n) is 7.63. The van der Waals surface area contributed by atoms with E-state index in [0.717, 1.165) is 37.8 Å². The van der Waals surface area contributed by atoms with E-state index in [4.69, 9.17) is 0 Å². The van der Waals surface area contributed by atoms with Gasteiger partial charge < -0.3 is 14.8 Å². The van der Waals surface area contributed by atoms with Crippen LogP contribution in [0.3, 0.4) is 0 Å². The second-order valence-corrected chi connectivity index (χ2v) is 5.99. The number of nitrogens with one attached hydrogen (secondary N) is 1. The van der Waals surface area contributed by atoms with Crippen LogP contribution in [0.4, 0.5) is 0 Å². The zero-order chi connectivity index (χ0) is 15.8. The molecule has 2 aromatic rings. The molecule has 2 aromatic heterocycles. The van der Waals surface area contributed by atoms with E-state index in [1.54, 1.807) is 17.7 Å². The van der Waals surface area contributed by atoms with Gasteiger partial charge >= 0.3 is 0 Å². The average molecular weight is 320 g/mol. The van der Waals surface area contributed by atoms with Crippen LogP contribution >= 0.6 is 11.3 Å². The average Bonchev–Trinajstić information content (AvgIpc) is 3.19. The number of thiophene rings is 1. The molecule has 0 unspecified atom stereocenters. The molecule has 0 saturated heterocycles. The summed E-state index contributed by atoms with van der Waals surface area (Å²) < 4.78 is 2.01. The van der Waals surface area contributed by atoms with Crippen molar-refractivity contribution in [3.8, 4) is 0 Å². The highest BCUT2D eigenvalue weighted by Gasteiger charge is 2.08. The molecule has 0 aromatic carbocycles. The summed E-state index contributed by atoms with van der Waals surface area (Å²) in [6, 6.07) is 4.27. The van der Waals surface area contributed by atoms with Crippen LogP contribution in [0.2, 0.25) is 0 Å². The van der Waals surface area contributed by atoms with E-state index >= 15 is 0 Å². The van der Waals surface area contributed by atoms with Crippen LogP contribution in [0.15, 0.2) is 28.8 Å². The van der Waals surface area contributed by atoms with Gasteiger partial charge in [0.2, 0.25) is 0 Å². The van der Waals surface area contributed by atoms with Crippen molar-refractivity contribution in [1.29, 1.82) is 0 Å². The summed E-state index contributed by atoms with van der Waals surface area (Å²) in [7, 11) is 2.07. The van der Waals surface area contributed by atoms with Crippen LogP contribution in [0.5, 0.6) is 0 Å². The van der Waals surface area contributed by atoms with E-state index in [9.17, 15) is 0 Å². The highest BCUT2D eigenvalue weighted by atomic mass is 32.1. The molecule has 0 fully saturated rings. The molecule has 0 aliphatic rings. The van der Waals surface area contributed by atoms with E-state index < -0.39 is 0 Å². The van der Waals surface area contributed by atoms with Gasteiger partial charge in [-0.05, 0) is 31.7 Å². The van der Waals surface area contributed by atoms with Crippen LogP contribution < -0.4 is 5.32 Å². The van der Waals surface area contributed by atoms with Gasteiger partial charge in [-0.15, -0.1) is 21.5 Å². The topological polar surface area (TPSA) is 58.3 Å². The van der Waals surface area contributed by atoms with Gasteiger partial charge in [0.25, 0.3) is 0 Å². The number of hydrogen-bond acceptors (Lipinski definition) is 4. The predicted octanol–water partition coefficient (Wildman–Crippen LogP) is 2.00. The molecule has 1 N–H and O–H groups in total. The second kappa shape index (κ2) is 8.53. The van der Waals surface area contributed by atoms with Crippen LogP contribution in [-0.2, 0) is 19.5 Å². The number of hydrogen-bond donors (Lipinski definition) is 1. The van der Waals surface area contributed by atoms with Gasteiger partial charge in [0.1, 0.15) is 12.9 Å². The summed E-state index contributed by atoms with van der Waals surface area (Å²) in [6.45, 7) is 7.35. The minimum absolute atomic E-state index is 0.541. The highest BCUT2D eigenvalue weighted by Crippen LogP contribution is 2.09. The van der Waals surface area contributed by atoms with Gasteiger partial charge in [0, 0.05) is 31.6 Å². The molecule has 2 rings (SSSR count). The monoisotopic (exact) mass is 320 g/mol. The first-order chi connectivity index (χ1) is 10.7. The molecular formula is C15H24N6S. The fraction of sp³-hybridized carbons (Fsp3) is 0.533. The van der Waals surface area contributed by atoms with Crippen LogP contribution in [-0.4, -0.2) is 45.8 Å². The van der Waals surface area contributed by atoms with Crippen molar-refractivity contribution in [1.82, 2.24) is 25.0 Å². The number of guanidine groups is 1. The Kier molecular flexibility index (Phi) is 6.39. The number of aliphatic imine (C=N–C) groups is 1. The van der Waals surface area contributed by atoms with Crippen molar-refractivity contribution in [2.24, 2.45) is 4.99 Å². The zero-order valence-corrected chi connectivity index (χ0v) is 14.3. The largest absolute Gasteiger partial charge is 0.357 e. The van der Waals surface area contributed by atoms with Crippen LogP contribution in [0.1, 0.15) is 24.5 Å². The van der Waals surface area contributed by atoms with Crippen LogP contribution in [0, 0.1) is 0 Å². The number of likely N-dealkylation sites (N-methyl/N-ethyl adjacent to an activating group) is 1. The Morgan fingerprint density at radius 1 is 1.45 bits per heavy atom. The fourth-order valence-electron chi connectivity index (χ4n) is 2.12. The lowest BCUT2D eigenvalue weighted by Crippen LogP contribution is -2.40. The van der Waals surface area contributed by atoms with Gasteiger partial charge in [-0.25, -0.2) is 4.99 Å². The van der Waals surface area contributed by atoms with E-state index in [0.29, 0.717) is 6.54 Å². The normalized spacial score (nSPS) is 11.7. The van der Waals surface area contributed by atoms with Crippen LogP contribution in [0.25, 0.3) is 0 Å². The van der Waals surface area contributed by atoms with Crippen molar-refractivity contribution in [2.75, 3.05) is 20.1 Å². The third kappa shape index (κ3) is 4.56. The Morgan fingerprint density at radius 2 is 2.32 bits per heavy atom. The lowest BCUT2D eigenvalue weighted by atomic mass is 10.3. The molecule has 2 heterocycles. The lowest BCUT2D eigenvalue weighted by molar-refractivity contribution is 0.485. The minimum Gasteiger partial charge on any atom is -0.357 e. The molecule has 0 saturated carbocycles. The molecule has 0 bridgehead atoms. The Hall–Kier alpha value is -1.89. The third-order valence-corrected chi connectivity index (χ3v) is 4.31. The standard InChI is InChI=1S/C15H24N6S/c1-4-16-15(17-11-14-19-18-12-21(14)5-2)20(3)9-8-13-7-6-10-22-13/h6-7,10,12H,4-5,8-9,11H2,1-3H3,(H,16,17). The Bertz CT molecular complexity index is 575. The number of rotatable bonds is 7. The van der Waals surface area contributed by atoms with Gasteiger partial charge in [-0.3, -0.25) is 0 Å². The number of aromatic nitrogens is 3. The maximum atomic E-state index is 4.68. The summed E-state index contributed by atoms with van der Waals surface area (Å²) in [5.74, 6) is 1.80. The second-order valence-electron chi connectivity index (χ2n) is 4.95.